The van der Waals surface area contributed by atoms with Crippen molar-refractivity contribution in [2.45, 2.75) is 12.5 Å². The highest BCUT2D eigenvalue weighted by atomic mass is 35.5. The van der Waals surface area contributed by atoms with Gasteiger partial charge in [0.05, 0.1) is 5.92 Å². The third-order valence-electron chi connectivity index (χ3n) is 4.66. The number of benzene rings is 1. The van der Waals surface area contributed by atoms with E-state index in [0.29, 0.717) is 11.7 Å². The third-order valence-corrected chi connectivity index (χ3v) is 4.98. The van der Waals surface area contributed by atoms with Crippen molar-refractivity contribution in [1.82, 2.24) is 9.88 Å². The van der Waals surface area contributed by atoms with E-state index in [0.717, 1.165) is 34.0 Å². The lowest BCUT2D eigenvalue weighted by Crippen LogP contribution is -2.44. The van der Waals surface area contributed by atoms with E-state index in [-0.39, 0.29) is 6.04 Å². The Kier molecular flexibility index (Phi) is 2.68. The van der Waals surface area contributed by atoms with Gasteiger partial charge in [-0.25, -0.2) is 0 Å². The van der Waals surface area contributed by atoms with Crippen LogP contribution < -0.4 is 0 Å². The van der Waals surface area contributed by atoms with Crippen LogP contribution in [0.2, 0.25) is 5.15 Å². The highest BCUT2D eigenvalue weighted by molar-refractivity contribution is 6.32. The zero-order chi connectivity index (χ0) is 14.7. The number of aromatic nitrogens is 1. The molecule has 4 rings (SSSR count). The van der Waals surface area contributed by atoms with E-state index in [9.17, 15) is 9.90 Å². The monoisotopic (exact) mass is 302 g/mol. The fourth-order valence-corrected chi connectivity index (χ4v) is 3.92. The number of nitrogens with zero attached hydrogens (tertiary/aromatic N) is 1. The average Bonchev–Trinajstić information content (AvgIpc) is 2.77. The van der Waals surface area contributed by atoms with Gasteiger partial charge in [-0.05, 0) is 36.2 Å². The summed E-state index contributed by atoms with van der Waals surface area (Å²) >= 11 is 6.34. The van der Waals surface area contributed by atoms with Crippen molar-refractivity contribution in [2.75, 3.05) is 13.6 Å². The number of fused-ring (bicyclic) bond motifs is 2. The Morgan fingerprint density at radius 3 is 3.05 bits per heavy atom. The molecule has 1 aromatic heterocycles. The van der Waals surface area contributed by atoms with Crippen LogP contribution in [0.5, 0.6) is 0 Å². The van der Waals surface area contributed by atoms with Gasteiger partial charge in [0.2, 0.25) is 0 Å². The standard InChI is InChI=1S/C16H15ClN2O2/c1-19-7-8(16(20)21)5-10-9-3-2-4-12-14(9)11(6-13(10)19)15(17)18-12/h2-5,8,13,18H,6-7H2,1H3,(H,20,21)/t8-,13-/m1/s1. The molecule has 0 saturated carbocycles. The van der Waals surface area contributed by atoms with Crippen molar-refractivity contribution in [1.29, 1.82) is 0 Å². The van der Waals surface area contributed by atoms with Gasteiger partial charge in [0.15, 0.2) is 0 Å². The van der Waals surface area contributed by atoms with Crippen LogP contribution in [0.15, 0.2) is 24.3 Å². The normalized spacial score (nSPS) is 24.8. The van der Waals surface area contributed by atoms with Crippen molar-refractivity contribution in [2.24, 2.45) is 5.92 Å². The summed E-state index contributed by atoms with van der Waals surface area (Å²) in [5.74, 6) is -1.22. The summed E-state index contributed by atoms with van der Waals surface area (Å²) in [7, 11) is 1.99. The summed E-state index contributed by atoms with van der Waals surface area (Å²) in [5, 5.41) is 11.2. The highest BCUT2D eigenvalue weighted by Crippen LogP contribution is 2.43. The molecule has 4 nitrogen and oxygen atoms in total. The van der Waals surface area contributed by atoms with Crippen molar-refractivity contribution in [3.05, 3.63) is 40.6 Å². The first-order valence-corrected chi connectivity index (χ1v) is 7.38. The van der Waals surface area contributed by atoms with Gasteiger partial charge in [-0.2, -0.15) is 0 Å². The Morgan fingerprint density at radius 1 is 1.48 bits per heavy atom. The van der Waals surface area contributed by atoms with Gasteiger partial charge in [0, 0.05) is 23.5 Å². The summed E-state index contributed by atoms with van der Waals surface area (Å²) in [6.45, 7) is 0.539. The van der Waals surface area contributed by atoms with E-state index < -0.39 is 11.9 Å². The molecule has 0 bridgehead atoms. The number of halogens is 1. The SMILES string of the molecule is CN1C[C@H](C(=O)O)C=C2c3cccc4[nH]c(Cl)c(c34)C[C@H]21. The fourth-order valence-electron chi connectivity index (χ4n) is 3.65. The van der Waals surface area contributed by atoms with Gasteiger partial charge >= 0.3 is 5.97 Å². The lowest BCUT2D eigenvalue weighted by molar-refractivity contribution is -0.140. The number of likely N-dealkylation sites (N-methyl/N-ethyl adjacent to an activating group) is 1. The molecule has 0 unspecified atom stereocenters. The Morgan fingerprint density at radius 2 is 2.29 bits per heavy atom. The van der Waals surface area contributed by atoms with Gasteiger partial charge in [-0.3, -0.25) is 9.69 Å². The number of hydrogen-bond acceptors (Lipinski definition) is 2. The minimum Gasteiger partial charge on any atom is -0.481 e. The second-order valence-electron chi connectivity index (χ2n) is 5.87. The van der Waals surface area contributed by atoms with Crippen LogP contribution in [0.4, 0.5) is 0 Å². The van der Waals surface area contributed by atoms with Crippen molar-refractivity contribution in [3.8, 4) is 0 Å². The number of aromatic amines is 1. The molecule has 108 valence electrons. The zero-order valence-electron chi connectivity index (χ0n) is 11.6. The van der Waals surface area contributed by atoms with Crippen molar-refractivity contribution in [3.63, 3.8) is 0 Å². The molecule has 21 heavy (non-hydrogen) atoms. The third kappa shape index (κ3) is 1.76. The van der Waals surface area contributed by atoms with E-state index in [1.165, 1.54) is 0 Å². The molecule has 1 aliphatic carbocycles. The molecule has 0 saturated heterocycles. The number of hydrogen-bond donors (Lipinski definition) is 2. The van der Waals surface area contributed by atoms with Crippen molar-refractivity contribution < 1.29 is 9.90 Å². The quantitative estimate of drug-likeness (QED) is 0.851. The number of rotatable bonds is 1. The average molecular weight is 303 g/mol. The van der Waals surface area contributed by atoms with Crippen LogP contribution in [0.1, 0.15) is 11.1 Å². The van der Waals surface area contributed by atoms with Crippen LogP contribution >= 0.6 is 11.6 Å². The molecule has 2 heterocycles. The Hall–Kier alpha value is -1.78. The first-order chi connectivity index (χ1) is 10.1. The molecule has 0 fully saturated rings. The fraction of sp³-hybridized carbons (Fsp3) is 0.312. The molecule has 2 N–H and O–H groups in total. The Balaban J connectivity index is 1.99. The van der Waals surface area contributed by atoms with Crippen LogP contribution in [-0.2, 0) is 11.2 Å². The lowest BCUT2D eigenvalue weighted by Gasteiger charge is -2.38. The largest absolute Gasteiger partial charge is 0.481 e. The summed E-state index contributed by atoms with van der Waals surface area (Å²) in [6, 6.07) is 6.26. The minimum atomic E-state index is -0.766. The number of carboxylic acids is 1. The number of H-pyrrole nitrogens is 1. The smallest absolute Gasteiger partial charge is 0.311 e. The molecule has 5 heteroatoms. The summed E-state index contributed by atoms with van der Waals surface area (Å²) in [6.07, 6.45) is 2.75. The second-order valence-corrected chi connectivity index (χ2v) is 6.25. The van der Waals surface area contributed by atoms with E-state index in [1.54, 1.807) is 0 Å². The minimum absolute atomic E-state index is 0.201. The zero-order valence-corrected chi connectivity index (χ0v) is 12.3. The Labute approximate surface area is 127 Å². The summed E-state index contributed by atoms with van der Waals surface area (Å²) < 4.78 is 0. The maximum atomic E-state index is 11.4. The highest BCUT2D eigenvalue weighted by Gasteiger charge is 2.36. The molecule has 1 aliphatic heterocycles. The van der Waals surface area contributed by atoms with Gasteiger partial charge in [-0.15, -0.1) is 0 Å². The topological polar surface area (TPSA) is 56.3 Å². The molecule has 0 radical (unpaired) electrons. The molecule has 1 aromatic carbocycles. The number of aliphatic carboxylic acids is 1. The maximum Gasteiger partial charge on any atom is 0.311 e. The van der Waals surface area contributed by atoms with Gasteiger partial charge < -0.3 is 10.1 Å². The van der Waals surface area contributed by atoms with E-state index in [1.807, 2.05) is 25.3 Å². The van der Waals surface area contributed by atoms with Crippen LogP contribution in [0.3, 0.4) is 0 Å². The van der Waals surface area contributed by atoms with E-state index in [2.05, 4.69) is 16.0 Å². The predicted octanol–water partition coefficient (Wildman–Crippen LogP) is 2.78. The van der Waals surface area contributed by atoms with Crippen LogP contribution in [-0.4, -0.2) is 40.6 Å². The molecule has 0 spiro atoms. The van der Waals surface area contributed by atoms with Gasteiger partial charge in [0.25, 0.3) is 0 Å². The summed E-state index contributed by atoms with van der Waals surface area (Å²) in [5.41, 5.74) is 4.39. The number of carbonyl (C=O) groups is 1. The molecule has 2 aliphatic rings. The van der Waals surface area contributed by atoms with E-state index >= 15 is 0 Å². The first-order valence-electron chi connectivity index (χ1n) is 7.00. The van der Waals surface area contributed by atoms with Gasteiger partial charge in [-0.1, -0.05) is 29.8 Å². The molecular formula is C16H15ClN2O2. The second kappa shape index (κ2) is 4.36. The molecule has 2 atom stereocenters. The van der Waals surface area contributed by atoms with Crippen molar-refractivity contribution >= 4 is 34.0 Å². The molecule has 2 aromatic rings. The first kappa shape index (κ1) is 12.9. The number of nitrogens with one attached hydrogen (secondary N) is 1. The lowest BCUT2D eigenvalue weighted by atomic mass is 9.80. The summed E-state index contributed by atoms with van der Waals surface area (Å²) in [4.78, 5) is 16.7. The van der Waals surface area contributed by atoms with E-state index in [4.69, 9.17) is 11.6 Å². The Bertz CT molecular complexity index is 793. The van der Waals surface area contributed by atoms with Crippen LogP contribution in [0.25, 0.3) is 16.5 Å². The maximum absolute atomic E-state index is 11.4. The van der Waals surface area contributed by atoms with Crippen LogP contribution in [0, 0.1) is 5.92 Å². The number of carboxylic acid groups (broad SMARTS) is 1. The molecule has 0 amide bonds. The molecular weight excluding hydrogens is 288 g/mol. The van der Waals surface area contributed by atoms with Gasteiger partial charge in [0.1, 0.15) is 5.15 Å². The predicted molar refractivity (Wildman–Crippen MR) is 82.5 cm³/mol.